The minimum Gasteiger partial charge on any atom is -0.461 e. The SMILES string of the molecule is CC(=O)OCC1=CC2OC(=O)C(C)C2(O)C(OC(C)=O)C2C(C)(OC(C)=O)C(=O)C=CC2(C)C2OC2C1. The molecule has 0 spiro atoms. The van der Waals surface area contributed by atoms with Crippen LogP contribution in [0, 0.1) is 17.3 Å². The summed E-state index contributed by atoms with van der Waals surface area (Å²) in [5.74, 6) is -5.73. The van der Waals surface area contributed by atoms with Gasteiger partial charge in [0.05, 0.1) is 24.0 Å². The number of esters is 4. The van der Waals surface area contributed by atoms with Crippen molar-refractivity contribution in [2.75, 3.05) is 6.61 Å². The van der Waals surface area contributed by atoms with Gasteiger partial charge >= 0.3 is 23.9 Å². The molecule has 0 radical (unpaired) electrons. The van der Waals surface area contributed by atoms with E-state index in [0.717, 1.165) is 13.8 Å². The molecule has 1 N–H and O–H groups in total. The molecule has 2 aliphatic heterocycles. The fourth-order valence-corrected chi connectivity index (χ4v) is 6.20. The highest BCUT2D eigenvalue weighted by molar-refractivity contribution is 5.99. The zero-order chi connectivity index (χ0) is 27.5. The number of hydrogen-bond donors (Lipinski definition) is 1. The lowest BCUT2D eigenvalue weighted by Crippen LogP contribution is -2.68. The van der Waals surface area contributed by atoms with Crippen LogP contribution < -0.4 is 0 Å². The monoisotopic (exact) mass is 520 g/mol. The Morgan fingerprint density at radius 1 is 1.11 bits per heavy atom. The highest BCUT2D eigenvalue weighted by Crippen LogP contribution is 2.58. The van der Waals surface area contributed by atoms with E-state index in [1.54, 1.807) is 13.0 Å². The van der Waals surface area contributed by atoms with Crippen LogP contribution in [0.4, 0.5) is 0 Å². The van der Waals surface area contributed by atoms with Gasteiger partial charge in [0.15, 0.2) is 23.1 Å². The van der Waals surface area contributed by atoms with E-state index in [-0.39, 0.29) is 13.0 Å². The number of carbonyl (C=O) groups is 5. The maximum absolute atomic E-state index is 13.3. The number of rotatable bonds is 4. The molecule has 0 aromatic carbocycles. The van der Waals surface area contributed by atoms with Gasteiger partial charge in [-0.3, -0.25) is 24.0 Å². The van der Waals surface area contributed by atoms with Crippen LogP contribution in [0.15, 0.2) is 23.8 Å². The summed E-state index contributed by atoms with van der Waals surface area (Å²) < 4.78 is 28.1. The third-order valence-electron chi connectivity index (χ3n) is 8.01. The van der Waals surface area contributed by atoms with E-state index in [9.17, 15) is 29.1 Å². The van der Waals surface area contributed by atoms with Crippen molar-refractivity contribution in [1.29, 1.82) is 0 Å². The molecule has 4 rings (SSSR count). The van der Waals surface area contributed by atoms with Crippen molar-refractivity contribution in [3.8, 4) is 0 Å². The Bertz CT molecular complexity index is 1110. The number of fused-ring (bicyclic) bond motifs is 4. The standard InChI is InChI=1S/C26H32O11/c1-12-23(31)36-19-10-16(11-33-13(2)27)9-17-21(35-17)24(5)8-7-18(30)25(6,37-15(4)29)20(24)22(26(12,19)32)34-14(3)28/h7-8,10,12,17,19-22,32H,9,11H2,1-6H3. The van der Waals surface area contributed by atoms with Crippen molar-refractivity contribution in [2.45, 2.75) is 83.6 Å². The molecular formula is C26H32O11. The molecule has 37 heavy (non-hydrogen) atoms. The maximum atomic E-state index is 13.3. The number of epoxide rings is 1. The minimum absolute atomic E-state index is 0.127. The van der Waals surface area contributed by atoms with Gasteiger partial charge in [-0.15, -0.1) is 0 Å². The summed E-state index contributed by atoms with van der Waals surface area (Å²) in [6.07, 6.45) is 0.863. The molecule has 4 aliphatic rings. The molecule has 2 heterocycles. The van der Waals surface area contributed by atoms with Crippen LogP contribution in [-0.4, -0.2) is 77.0 Å². The maximum Gasteiger partial charge on any atom is 0.312 e. The summed E-state index contributed by atoms with van der Waals surface area (Å²) in [5.41, 5.74) is -4.61. The molecule has 2 saturated heterocycles. The van der Waals surface area contributed by atoms with E-state index in [4.69, 9.17) is 23.7 Å². The minimum atomic E-state index is -2.18. The fourth-order valence-electron chi connectivity index (χ4n) is 6.20. The summed E-state index contributed by atoms with van der Waals surface area (Å²) in [4.78, 5) is 62.3. The molecule has 9 atom stereocenters. The Morgan fingerprint density at radius 3 is 2.38 bits per heavy atom. The Morgan fingerprint density at radius 2 is 1.78 bits per heavy atom. The van der Waals surface area contributed by atoms with E-state index < -0.39 is 82.5 Å². The lowest BCUT2D eigenvalue weighted by atomic mass is 9.55. The highest BCUT2D eigenvalue weighted by atomic mass is 16.6. The summed E-state index contributed by atoms with van der Waals surface area (Å²) in [6.45, 7) is 8.02. The Hall–Kier alpha value is -3.05. The number of ether oxygens (including phenoxy) is 5. The molecule has 202 valence electrons. The summed E-state index contributed by atoms with van der Waals surface area (Å²) in [5, 5.41) is 12.3. The van der Waals surface area contributed by atoms with Gasteiger partial charge in [-0.1, -0.05) is 13.0 Å². The van der Waals surface area contributed by atoms with E-state index in [1.165, 1.54) is 32.9 Å². The number of hydrogen-bond acceptors (Lipinski definition) is 11. The predicted octanol–water partition coefficient (Wildman–Crippen LogP) is 0.955. The molecular weight excluding hydrogens is 488 g/mol. The predicted molar refractivity (Wildman–Crippen MR) is 123 cm³/mol. The van der Waals surface area contributed by atoms with Crippen LogP contribution >= 0.6 is 0 Å². The quantitative estimate of drug-likeness (QED) is 0.244. The number of ketones is 1. The van der Waals surface area contributed by atoms with Crippen molar-refractivity contribution in [3.63, 3.8) is 0 Å². The molecule has 9 unspecified atom stereocenters. The third kappa shape index (κ3) is 4.37. The summed E-state index contributed by atoms with van der Waals surface area (Å²) in [7, 11) is 0. The van der Waals surface area contributed by atoms with Crippen LogP contribution in [-0.2, 0) is 47.7 Å². The van der Waals surface area contributed by atoms with E-state index in [2.05, 4.69) is 0 Å². The first-order valence-corrected chi connectivity index (χ1v) is 12.2. The van der Waals surface area contributed by atoms with Crippen molar-refractivity contribution in [2.24, 2.45) is 17.3 Å². The fraction of sp³-hybridized carbons (Fsp3) is 0.654. The molecule has 11 nitrogen and oxygen atoms in total. The normalized spacial score (nSPS) is 42.3. The molecule has 2 fully saturated rings. The van der Waals surface area contributed by atoms with Gasteiger partial charge in [0.2, 0.25) is 0 Å². The molecule has 0 aromatic heterocycles. The first kappa shape index (κ1) is 27.0. The van der Waals surface area contributed by atoms with Gasteiger partial charge in [-0.05, 0) is 31.6 Å². The molecule has 11 heteroatoms. The van der Waals surface area contributed by atoms with Crippen molar-refractivity contribution >= 4 is 29.7 Å². The molecule has 0 aromatic rings. The van der Waals surface area contributed by atoms with Crippen LogP contribution in [0.5, 0.6) is 0 Å². The second-order valence-corrected chi connectivity index (χ2v) is 10.6. The highest BCUT2D eigenvalue weighted by Gasteiger charge is 2.72. The van der Waals surface area contributed by atoms with Crippen LogP contribution in [0.2, 0.25) is 0 Å². The summed E-state index contributed by atoms with van der Waals surface area (Å²) >= 11 is 0. The second kappa shape index (κ2) is 9.05. The van der Waals surface area contributed by atoms with Crippen molar-refractivity contribution in [3.05, 3.63) is 23.8 Å². The van der Waals surface area contributed by atoms with Gasteiger partial charge < -0.3 is 28.8 Å². The lowest BCUT2D eigenvalue weighted by molar-refractivity contribution is -0.221. The van der Waals surface area contributed by atoms with Crippen LogP contribution in [0.25, 0.3) is 0 Å². The van der Waals surface area contributed by atoms with E-state index in [0.29, 0.717) is 5.57 Å². The van der Waals surface area contributed by atoms with Gasteiger partial charge in [0.25, 0.3) is 0 Å². The van der Waals surface area contributed by atoms with E-state index in [1.807, 2.05) is 0 Å². The lowest BCUT2D eigenvalue weighted by Gasteiger charge is -2.53. The molecule has 0 amide bonds. The topological polar surface area (TPSA) is 155 Å². The largest absolute Gasteiger partial charge is 0.461 e. The average molecular weight is 521 g/mol. The molecule has 2 aliphatic carbocycles. The zero-order valence-electron chi connectivity index (χ0n) is 21.6. The van der Waals surface area contributed by atoms with Crippen molar-refractivity contribution < 1.29 is 52.8 Å². The number of carbonyl (C=O) groups excluding carboxylic acids is 5. The van der Waals surface area contributed by atoms with Gasteiger partial charge in [0.1, 0.15) is 12.7 Å². The zero-order valence-corrected chi connectivity index (χ0v) is 21.6. The second-order valence-electron chi connectivity index (χ2n) is 10.6. The van der Waals surface area contributed by atoms with Crippen LogP contribution in [0.1, 0.15) is 48.0 Å². The Kier molecular flexibility index (Phi) is 6.61. The Balaban J connectivity index is 1.97. The summed E-state index contributed by atoms with van der Waals surface area (Å²) in [6, 6.07) is 0. The molecule has 0 bridgehead atoms. The smallest absolute Gasteiger partial charge is 0.312 e. The van der Waals surface area contributed by atoms with Gasteiger partial charge in [-0.2, -0.15) is 0 Å². The number of aliphatic hydroxyl groups is 1. The van der Waals surface area contributed by atoms with Gasteiger partial charge in [0, 0.05) is 32.6 Å². The first-order chi connectivity index (χ1) is 17.1. The first-order valence-electron chi connectivity index (χ1n) is 12.2. The molecule has 0 saturated carbocycles. The Labute approximate surface area is 214 Å². The van der Waals surface area contributed by atoms with Gasteiger partial charge in [-0.25, -0.2) is 0 Å². The van der Waals surface area contributed by atoms with Crippen molar-refractivity contribution in [1.82, 2.24) is 0 Å². The average Bonchev–Trinajstić information content (AvgIpc) is 3.52. The van der Waals surface area contributed by atoms with E-state index >= 15 is 0 Å². The third-order valence-corrected chi connectivity index (χ3v) is 8.01. The van der Waals surface area contributed by atoms with Crippen LogP contribution in [0.3, 0.4) is 0 Å².